The molecule has 0 heterocycles. The molecule has 0 radical (unpaired) electrons. The first kappa shape index (κ1) is 23.9. The van der Waals surface area contributed by atoms with Crippen LogP contribution in [0.4, 0.5) is 23.2 Å². The molecule has 0 aromatic heterocycles. The fourth-order valence-electron chi connectivity index (χ4n) is 3.61. The van der Waals surface area contributed by atoms with Crippen LogP contribution >= 0.6 is 0 Å². The molecule has 1 fully saturated rings. The lowest BCUT2D eigenvalue weighted by Gasteiger charge is -2.28. The molecule has 1 N–H and O–H groups in total. The van der Waals surface area contributed by atoms with Crippen molar-refractivity contribution in [1.29, 1.82) is 0 Å². The third-order valence-electron chi connectivity index (χ3n) is 5.52. The molecule has 0 bridgehead atoms. The number of rotatable bonds is 11. The summed E-state index contributed by atoms with van der Waals surface area (Å²) in [4.78, 5) is 1.91. The van der Waals surface area contributed by atoms with Crippen LogP contribution < -0.4 is 14.4 Å². The van der Waals surface area contributed by atoms with Crippen molar-refractivity contribution >= 4 is 5.69 Å². The van der Waals surface area contributed by atoms with Crippen molar-refractivity contribution in [2.45, 2.75) is 38.0 Å². The van der Waals surface area contributed by atoms with E-state index in [1.807, 2.05) is 59.5 Å². The van der Waals surface area contributed by atoms with Gasteiger partial charge in [-0.05, 0) is 60.7 Å². The molecule has 1 saturated carbocycles. The summed E-state index contributed by atoms with van der Waals surface area (Å²) in [6.07, 6.45) is -7.16. The van der Waals surface area contributed by atoms with E-state index in [2.05, 4.69) is 4.74 Å². The normalized spacial score (nSPS) is 14.6. The van der Waals surface area contributed by atoms with Crippen LogP contribution in [0, 0.1) is 5.92 Å². The average Bonchev–Trinajstić information content (AvgIpc) is 3.65. The van der Waals surface area contributed by atoms with Crippen molar-refractivity contribution < 1.29 is 32.1 Å². The second-order valence-corrected chi connectivity index (χ2v) is 8.31. The van der Waals surface area contributed by atoms with Crippen molar-refractivity contribution in [1.82, 2.24) is 0 Å². The smallest absolute Gasteiger partial charge is 0.457 e. The highest BCUT2D eigenvalue weighted by Gasteiger charge is 2.44. The first-order valence-corrected chi connectivity index (χ1v) is 11.0. The van der Waals surface area contributed by atoms with Crippen LogP contribution in [0.5, 0.6) is 17.2 Å². The molecule has 0 spiro atoms. The fourth-order valence-corrected chi connectivity index (χ4v) is 3.61. The van der Waals surface area contributed by atoms with Gasteiger partial charge in [0, 0.05) is 24.8 Å². The van der Waals surface area contributed by atoms with Gasteiger partial charge in [0.05, 0.1) is 6.10 Å². The molecule has 3 aromatic carbocycles. The Labute approximate surface area is 195 Å². The summed E-state index contributed by atoms with van der Waals surface area (Å²) in [5, 5.41) is 10.6. The van der Waals surface area contributed by atoms with Crippen molar-refractivity contribution in [2.75, 3.05) is 11.4 Å². The molecular formula is C26H25F4NO3. The monoisotopic (exact) mass is 475 g/mol. The number of aliphatic hydroxyl groups excluding tert-OH is 1. The molecule has 8 heteroatoms. The summed E-state index contributed by atoms with van der Waals surface area (Å²) >= 11 is 0. The van der Waals surface area contributed by atoms with Crippen molar-refractivity contribution in [2.24, 2.45) is 5.92 Å². The van der Waals surface area contributed by atoms with E-state index in [-0.39, 0.29) is 18.2 Å². The van der Waals surface area contributed by atoms with Crippen LogP contribution in [0.3, 0.4) is 0 Å². The molecule has 0 aliphatic heterocycles. The van der Waals surface area contributed by atoms with Gasteiger partial charge >= 0.3 is 12.5 Å². The third kappa shape index (κ3) is 6.41. The lowest BCUT2D eigenvalue weighted by molar-refractivity contribution is -0.253. The second-order valence-electron chi connectivity index (χ2n) is 8.31. The summed E-state index contributed by atoms with van der Waals surface area (Å²) in [5.41, 5.74) is 1.33. The van der Waals surface area contributed by atoms with E-state index in [1.165, 1.54) is 18.2 Å². The average molecular weight is 475 g/mol. The minimum Gasteiger partial charge on any atom is -0.457 e. The maximum Gasteiger partial charge on any atom is 0.461 e. The Hall–Kier alpha value is -3.26. The number of halogens is 4. The molecule has 3 aromatic rings. The highest BCUT2D eigenvalue weighted by molar-refractivity contribution is 5.52. The van der Waals surface area contributed by atoms with Gasteiger partial charge in [0.25, 0.3) is 0 Å². The van der Waals surface area contributed by atoms with Gasteiger partial charge in [-0.25, -0.2) is 0 Å². The van der Waals surface area contributed by atoms with Gasteiger partial charge in [0.15, 0.2) is 0 Å². The highest BCUT2D eigenvalue weighted by atomic mass is 19.3. The lowest BCUT2D eigenvalue weighted by atomic mass is 10.1. The number of alkyl halides is 4. The molecule has 4 nitrogen and oxygen atoms in total. The quantitative estimate of drug-likeness (QED) is 0.322. The molecule has 180 valence electrons. The highest BCUT2D eigenvalue weighted by Crippen LogP contribution is 2.35. The van der Waals surface area contributed by atoms with Gasteiger partial charge < -0.3 is 19.5 Å². The molecule has 1 atom stereocenters. The van der Waals surface area contributed by atoms with Crippen LogP contribution in [0.15, 0.2) is 78.9 Å². The molecular weight excluding hydrogens is 450 g/mol. The van der Waals surface area contributed by atoms with Crippen LogP contribution in [0.1, 0.15) is 18.4 Å². The maximum atomic E-state index is 13.4. The van der Waals surface area contributed by atoms with Gasteiger partial charge in [-0.15, -0.1) is 0 Å². The second kappa shape index (κ2) is 10.3. The summed E-state index contributed by atoms with van der Waals surface area (Å²) in [5.74, 6) is 1.15. The minimum atomic E-state index is -4.58. The molecule has 0 saturated heterocycles. The topological polar surface area (TPSA) is 41.9 Å². The number of hydrogen-bond donors (Lipinski definition) is 1. The number of nitrogens with zero attached hydrogens (tertiary/aromatic N) is 1. The first-order chi connectivity index (χ1) is 16.3. The van der Waals surface area contributed by atoms with Gasteiger partial charge in [-0.2, -0.15) is 17.6 Å². The van der Waals surface area contributed by atoms with Gasteiger partial charge in [-0.1, -0.05) is 36.4 Å². The standard InChI is InChI=1S/C26H25F4NO3/c27-25(28)26(29,30)34-23-11-4-6-18(14-23)16-31(17-24(32)19-12-13-19)20-7-5-10-22(15-20)33-21-8-2-1-3-9-21/h1-11,14-15,19,24-25,32H,12-13,16-17H2. The van der Waals surface area contributed by atoms with Crippen LogP contribution in [0.25, 0.3) is 0 Å². The van der Waals surface area contributed by atoms with Crippen LogP contribution in [-0.4, -0.2) is 30.3 Å². The largest absolute Gasteiger partial charge is 0.461 e. The van der Waals surface area contributed by atoms with E-state index in [0.29, 0.717) is 23.6 Å². The van der Waals surface area contributed by atoms with E-state index in [0.717, 1.165) is 18.5 Å². The molecule has 0 amide bonds. The van der Waals surface area contributed by atoms with E-state index in [9.17, 15) is 22.7 Å². The minimum absolute atomic E-state index is 0.227. The number of anilines is 1. The number of hydrogen-bond acceptors (Lipinski definition) is 4. The third-order valence-corrected chi connectivity index (χ3v) is 5.52. The lowest BCUT2D eigenvalue weighted by Crippen LogP contribution is -2.34. The zero-order chi connectivity index (χ0) is 24.1. The number of aliphatic hydroxyl groups is 1. The number of benzene rings is 3. The Morgan fingerprint density at radius 3 is 2.26 bits per heavy atom. The number of para-hydroxylation sites is 1. The van der Waals surface area contributed by atoms with E-state index < -0.39 is 18.6 Å². The number of ether oxygens (including phenoxy) is 2. The Bertz CT molecular complexity index is 1080. The molecule has 34 heavy (non-hydrogen) atoms. The zero-order valence-electron chi connectivity index (χ0n) is 18.3. The van der Waals surface area contributed by atoms with Gasteiger partial charge in [0.2, 0.25) is 0 Å². The van der Waals surface area contributed by atoms with E-state index >= 15 is 0 Å². The predicted molar refractivity (Wildman–Crippen MR) is 121 cm³/mol. The molecule has 1 aliphatic rings. The summed E-state index contributed by atoms with van der Waals surface area (Å²) in [6.45, 7) is 0.563. The fraction of sp³-hybridized carbons (Fsp3) is 0.308. The summed E-state index contributed by atoms with van der Waals surface area (Å²) in [6, 6.07) is 22.3. The zero-order valence-corrected chi connectivity index (χ0v) is 18.3. The van der Waals surface area contributed by atoms with Gasteiger partial charge in [-0.3, -0.25) is 0 Å². The summed E-state index contributed by atoms with van der Waals surface area (Å²) in [7, 11) is 0. The summed E-state index contributed by atoms with van der Waals surface area (Å²) < 4.78 is 61.9. The van der Waals surface area contributed by atoms with Crippen LogP contribution in [0.2, 0.25) is 0 Å². The maximum absolute atomic E-state index is 13.4. The van der Waals surface area contributed by atoms with E-state index in [4.69, 9.17) is 4.74 Å². The van der Waals surface area contributed by atoms with Crippen molar-refractivity contribution in [3.8, 4) is 17.2 Å². The van der Waals surface area contributed by atoms with E-state index in [1.54, 1.807) is 6.07 Å². The first-order valence-electron chi connectivity index (χ1n) is 11.0. The Kier molecular flexibility index (Phi) is 7.26. The molecule has 1 unspecified atom stereocenters. The van der Waals surface area contributed by atoms with Crippen molar-refractivity contribution in [3.05, 3.63) is 84.4 Å². The molecule has 4 rings (SSSR count). The van der Waals surface area contributed by atoms with Crippen LogP contribution in [-0.2, 0) is 6.54 Å². The van der Waals surface area contributed by atoms with Gasteiger partial charge in [0.1, 0.15) is 17.2 Å². The van der Waals surface area contributed by atoms with Crippen molar-refractivity contribution in [3.63, 3.8) is 0 Å². The molecule has 1 aliphatic carbocycles. The Morgan fingerprint density at radius 2 is 1.56 bits per heavy atom. The SMILES string of the molecule is OC(CN(Cc1cccc(OC(F)(F)C(F)F)c1)c1cccc(Oc2ccccc2)c1)C1CC1. The Morgan fingerprint density at radius 1 is 0.882 bits per heavy atom. The predicted octanol–water partition coefficient (Wildman–Crippen LogP) is 6.49. The Balaban J connectivity index is 1.55.